The molecule has 0 radical (unpaired) electrons. The first-order valence-electron chi connectivity index (χ1n) is 33.0. The fraction of sp³-hybridized carbons (Fsp3) is 0.696. The van der Waals surface area contributed by atoms with Crippen molar-refractivity contribution in [2.75, 3.05) is 77.9 Å². The molecule has 0 aromatic heterocycles. The first kappa shape index (κ1) is 70.5. The Morgan fingerprint density at radius 2 is 1.21 bits per heavy atom. The summed E-state index contributed by atoms with van der Waals surface area (Å²) in [7, 11) is 0. The van der Waals surface area contributed by atoms with E-state index in [9.17, 15) is 38.7 Å². The zero-order valence-electron chi connectivity index (χ0n) is 54.1. The Labute approximate surface area is 527 Å². The van der Waals surface area contributed by atoms with Gasteiger partial charge in [-0.3, -0.25) is 38.9 Å². The van der Waals surface area contributed by atoms with Gasteiger partial charge in [-0.1, -0.05) is 78.9 Å². The van der Waals surface area contributed by atoms with Crippen LogP contribution in [0.3, 0.4) is 0 Å². The molecular formula is C69H103N7O13. The molecule has 20 heteroatoms. The van der Waals surface area contributed by atoms with Crippen LogP contribution in [0.1, 0.15) is 180 Å². The molecular weight excluding hydrogens is 1130 g/mol. The molecule has 7 rings (SSSR count). The molecule has 492 valence electrons. The number of benzene rings is 2. The molecule has 5 aliphatic carbocycles. The van der Waals surface area contributed by atoms with Gasteiger partial charge in [0, 0.05) is 31.6 Å². The Bertz CT molecular complexity index is 2820. The summed E-state index contributed by atoms with van der Waals surface area (Å²) in [5, 5.41) is 27.7. The summed E-state index contributed by atoms with van der Waals surface area (Å²) in [6, 6.07) is 8.74. The Hall–Kier alpha value is -5.95. The Kier molecular flexibility index (Phi) is 26.5. The molecule has 0 bridgehead atoms. The van der Waals surface area contributed by atoms with E-state index >= 15 is 0 Å². The van der Waals surface area contributed by atoms with Gasteiger partial charge in [0.1, 0.15) is 30.5 Å². The van der Waals surface area contributed by atoms with E-state index in [1.54, 1.807) is 26.8 Å². The maximum absolute atomic E-state index is 14.8. The highest BCUT2D eigenvalue weighted by Crippen LogP contribution is 2.60. The summed E-state index contributed by atoms with van der Waals surface area (Å²) >= 11 is 0. The van der Waals surface area contributed by atoms with E-state index in [2.05, 4.69) is 57.6 Å². The highest BCUT2D eigenvalue weighted by Gasteiger charge is 2.58. The number of nitrogens with one attached hydrogen (secondary N) is 6. The monoisotopic (exact) mass is 1240 g/mol. The second-order valence-electron chi connectivity index (χ2n) is 26.7. The Balaban J connectivity index is 0.744. The summed E-state index contributed by atoms with van der Waals surface area (Å²) in [5.74, 6) is 3.85. The predicted molar refractivity (Wildman–Crippen MR) is 339 cm³/mol. The summed E-state index contributed by atoms with van der Waals surface area (Å²) in [5.41, 5.74) is 9.13. The van der Waals surface area contributed by atoms with Crippen molar-refractivity contribution in [2.45, 2.75) is 206 Å². The van der Waals surface area contributed by atoms with Crippen LogP contribution in [0.2, 0.25) is 0 Å². The SMILES string of the molecule is CC(NC(=O)C(NC(=O)C(N)CCCCNC(=O)CCOCCOCCOCCOCCNC(=O)COC1C#CCCCCC1)C(C)C)C(=O)Nc1ccc2c(c1)[C@@]1(C)CCC[C@](C)(C(=O)NC(=O)[C@@]3(C)CCC[C@]4(C)c5cc(O)ccc5CC[C@@H]34)[C@@H]1CC2. The first-order valence-corrected chi connectivity index (χ1v) is 33.0. The highest BCUT2D eigenvalue weighted by atomic mass is 16.6. The lowest BCUT2D eigenvalue weighted by Crippen LogP contribution is -2.60. The fourth-order valence-electron chi connectivity index (χ4n) is 14.8. The number of imide groups is 1. The van der Waals surface area contributed by atoms with Gasteiger partial charge in [0.15, 0.2) is 0 Å². The first-order chi connectivity index (χ1) is 42.6. The number of hydrogen-bond donors (Lipinski definition) is 8. The van der Waals surface area contributed by atoms with E-state index in [1.165, 1.54) is 5.56 Å². The summed E-state index contributed by atoms with van der Waals surface area (Å²) in [4.78, 5) is 94.5. The van der Waals surface area contributed by atoms with Crippen molar-refractivity contribution in [3.63, 3.8) is 0 Å². The Morgan fingerprint density at radius 3 is 1.84 bits per heavy atom. The third-order valence-electron chi connectivity index (χ3n) is 19.9. The van der Waals surface area contributed by atoms with E-state index < -0.39 is 52.1 Å². The molecule has 2 aromatic rings. The minimum atomic E-state index is -0.957. The number of phenols is 1. The quantitative estimate of drug-likeness (QED) is 0.0211. The number of nitrogens with two attached hydrogens (primary N) is 1. The van der Waals surface area contributed by atoms with Crippen LogP contribution in [-0.2, 0) is 80.9 Å². The van der Waals surface area contributed by atoms with Crippen LogP contribution in [0.25, 0.3) is 0 Å². The fourth-order valence-corrected chi connectivity index (χ4v) is 14.8. The topological polar surface area (TPSA) is 284 Å². The summed E-state index contributed by atoms with van der Waals surface area (Å²) in [6.07, 6.45) is 14.5. The highest BCUT2D eigenvalue weighted by molar-refractivity contribution is 6.01. The van der Waals surface area contributed by atoms with Gasteiger partial charge >= 0.3 is 0 Å². The molecule has 4 unspecified atom stereocenters. The molecule has 0 spiro atoms. The number of carbonyl (C=O) groups excluding carboxylic acids is 7. The molecule has 9 N–H and O–H groups in total. The van der Waals surface area contributed by atoms with Gasteiger partial charge in [0.25, 0.3) is 0 Å². The van der Waals surface area contributed by atoms with Crippen LogP contribution < -0.4 is 37.6 Å². The molecule has 2 aromatic carbocycles. The van der Waals surface area contributed by atoms with Gasteiger partial charge in [0.05, 0.1) is 69.7 Å². The van der Waals surface area contributed by atoms with E-state index in [-0.39, 0.29) is 78.3 Å². The largest absolute Gasteiger partial charge is 0.508 e. The second kappa shape index (κ2) is 33.4. The standard InChI is InChI=1S/C69H103N7O13/c1-46(2)60(75-62(81)55(70)19-13-14-33-71-58(78)28-35-85-37-39-87-41-42-88-40-38-86-36-34-72-59(79)45-89-52-17-11-9-8-10-12-18-52)63(82)73-47(3)61(80)74-50-24-20-48-22-26-56-66(4,53(48)43-50)29-15-31-68(56,6)64(83)76-65(84)69(7)32-16-30-67(5)54-44-51(77)25-21-49(54)23-27-57(67)69/h20-21,24-25,43-44,46-47,52,55-57,60,77H,8-11,13-17,19,22-23,26-42,45,70H2,1-7H3,(H,71,78)(H,72,79)(H,73,82)(H,74,80)(H,75,81)(H,76,83,84)/t47?,52?,55?,56-,57-,60?,66-,67-,68+,69+/m1/s1. The molecule has 0 aliphatic heterocycles. The van der Waals surface area contributed by atoms with Crippen molar-refractivity contribution in [1.82, 2.24) is 26.6 Å². The normalized spacial score (nSPS) is 25.5. The van der Waals surface area contributed by atoms with Gasteiger partial charge in [-0.05, 0) is 172 Å². The van der Waals surface area contributed by atoms with Crippen LogP contribution in [0.5, 0.6) is 5.75 Å². The van der Waals surface area contributed by atoms with Gasteiger partial charge < -0.3 is 61.1 Å². The molecule has 2 fully saturated rings. The van der Waals surface area contributed by atoms with Gasteiger partial charge in [-0.2, -0.15) is 0 Å². The van der Waals surface area contributed by atoms with Gasteiger partial charge in [-0.15, -0.1) is 5.92 Å². The van der Waals surface area contributed by atoms with Crippen molar-refractivity contribution < 1.29 is 62.4 Å². The maximum Gasteiger partial charge on any atom is 0.246 e. The molecule has 20 nitrogen and oxygen atoms in total. The number of rotatable bonds is 32. The number of unbranched alkanes of at least 4 members (excludes halogenated alkanes) is 1. The lowest BCUT2D eigenvalue weighted by molar-refractivity contribution is -0.150. The smallest absolute Gasteiger partial charge is 0.246 e. The molecule has 7 amide bonds. The number of aryl methyl sites for hydroxylation is 2. The minimum absolute atomic E-state index is 0.0109. The van der Waals surface area contributed by atoms with Crippen molar-refractivity contribution in [3.05, 3.63) is 58.7 Å². The number of hydrogen-bond acceptors (Lipinski definition) is 14. The number of anilines is 1. The molecule has 2 saturated carbocycles. The lowest BCUT2D eigenvalue weighted by atomic mass is 9.49. The molecule has 0 saturated heterocycles. The van der Waals surface area contributed by atoms with Crippen molar-refractivity contribution in [3.8, 4) is 17.6 Å². The van der Waals surface area contributed by atoms with Gasteiger partial charge in [0.2, 0.25) is 41.4 Å². The van der Waals surface area contributed by atoms with Crippen molar-refractivity contribution in [2.24, 2.45) is 34.3 Å². The number of phenolic OH excluding ortho intramolecular Hbond substituents is 1. The third-order valence-corrected chi connectivity index (χ3v) is 19.9. The lowest BCUT2D eigenvalue weighted by Gasteiger charge is -2.56. The van der Waals surface area contributed by atoms with E-state index in [0.29, 0.717) is 97.1 Å². The van der Waals surface area contributed by atoms with Crippen LogP contribution in [0, 0.1) is 40.4 Å². The number of aromatic hydroxyl groups is 1. The van der Waals surface area contributed by atoms with Crippen LogP contribution in [-0.4, -0.2) is 143 Å². The number of amides is 7. The average molecular weight is 1240 g/mol. The van der Waals surface area contributed by atoms with Crippen LogP contribution >= 0.6 is 0 Å². The van der Waals surface area contributed by atoms with Gasteiger partial charge in [-0.25, -0.2) is 0 Å². The van der Waals surface area contributed by atoms with E-state index in [1.807, 2.05) is 44.2 Å². The van der Waals surface area contributed by atoms with E-state index in [0.717, 1.165) is 100 Å². The number of fused-ring (bicyclic) bond motifs is 6. The summed E-state index contributed by atoms with van der Waals surface area (Å²) in [6.45, 7) is 17.3. The number of ether oxygens (including phenoxy) is 5. The van der Waals surface area contributed by atoms with E-state index in [4.69, 9.17) is 29.4 Å². The predicted octanol–water partition coefficient (Wildman–Crippen LogP) is 6.88. The van der Waals surface area contributed by atoms with Crippen LogP contribution in [0.4, 0.5) is 5.69 Å². The minimum Gasteiger partial charge on any atom is -0.508 e. The summed E-state index contributed by atoms with van der Waals surface area (Å²) < 4.78 is 27.7. The molecule has 5 aliphatic rings. The zero-order valence-corrected chi connectivity index (χ0v) is 54.1. The van der Waals surface area contributed by atoms with Crippen molar-refractivity contribution in [1.29, 1.82) is 0 Å². The maximum atomic E-state index is 14.8. The third kappa shape index (κ3) is 18.8. The molecule has 89 heavy (non-hydrogen) atoms. The molecule has 0 heterocycles. The second-order valence-corrected chi connectivity index (χ2v) is 26.7. The van der Waals surface area contributed by atoms with Crippen LogP contribution in [0.15, 0.2) is 36.4 Å². The average Bonchev–Trinajstić information content (AvgIpc) is 0.744. The Morgan fingerprint density at radius 1 is 0.629 bits per heavy atom. The van der Waals surface area contributed by atoms with Crippen molar-refractivity contribution >= 4 is 47.0 Å². The number of carbonyl (C=O) groups is 7. The zero-order chi connectivity index (χ0) is 64.2. The molecule has 10 atom stereocenters.